The Labute approximate surface area is 106 Å². The number of rotatable bonds is 2. The molecule has 1 nitrogen and oxygen atoms in total. The van der Waals surface area contributed by atoms with Gasteiger partial charge in [-0.15, -0.1) is 11.3 Å². The van der Waals surface area contributed by atoms with Crippen molar-refractivity contribution in [3.05, 3.63) is 56.2 Å². The van der Waals surface area contributed by atoms with Gasteiger partial charge in [-0.3, -0.25) is 4.79 Å². The van der Waals surface area contributed by atoms with Crippen molar-refractivity contribution in [2.45, 2.75) is 6.92 Å². The average molecular weight is 273 g/mol. The predicted molar refractivity (Wildman–Crippen MR) is 63.9 cm³/mol. The van der Waals surface area contributed by atoms with Gasteiger partial charge in [0.25, 0.3) is 0 Å². The molecule has 17 heavy (non-hydrogen) atoms. The molecule has 1 aromatic carbocycles. The molecule has 0 aliphatic heterocycles. The highest BCUT2D eigenvalue weighted by Gasteiger charge is 2.20. The topological polar surface area (TPSA) is 17.1 Å². The van der Waals surface area contributed by atoms with Crippen molar-refractivity contribution < 1.29 is 13.6 Å². The lowest BCUT2D eigenvalue weighted by atomic mass is 10.1. The minimum absolute atomic E-state index is 0.230. The maximum absolute atomic E-state index is 13.4. The first-order valence-corrected chi connectivity index (χ1v) is 6.00. The fraction of sp³-hybridized carbons (Fsp3) is 0.0833. The zero-order valence-electron chi connectivity index (χ0n) is 8.76. The van der Waals surface area contributed by atoms with Gasteiger partial charge in [0.15, 0.2) is 0 Å². The van der Waals surface area contributed by atoms with E-state index in [2.05, 4.69) is 0 Å². The minimum Gasteiger partial charge on any atom is -0.288 e. The Hall–Kier alpha value is -1.26. The molecule has 1 aromatic heterocycles. The van der Waals surface area contributed by atoms with E-state index >= 15 is 0 Å². The Morgan fingerprint density at radius 1 is 1.35 bits per heavy atom. The highest BCUT2D eigenvalue weighted by atomic mass is 35.5. The van der Waals surface area contributed by atoms with Gasteiger partial charge in [0.05, 0.1) is 15.5 Å². The molecule has 0 saturated carbocycles. The van der Waals surface area contributed by atoms with Gasteiger partial charge in [0, 0.05) is 0 Å². The standard InChI is InChI=1S/C12H7ClF2OS/c1-6-5-17-12(10(6)13)11(16)8-4-7(14)2-3-9(8)15/h2-5H,1H3. The second-order valence-corrected chi connectivity index (χ2v) is 4.77. The van der Waals surface area contributed by atoms with Crippen molar-refractivity contribution in [1.82, 2.24) is 0 Å². The Bertz CT molecular complexity index is 592. The summed E-state index contributed by atoms with van der Waals surface area (Å²) in [6.07, 6.45) is 0. The van der Waals surface area contributed by atoms with E-state index < -0.39 is 17.4 Å². The van der Waals surface area contributed by atoms with E-state index in [1.54, 1.807) is 12.3 Å². The Kier molecular flexibility index (Phi) is 3.26. The van der Waals surface area contributed by atoms with E-state index in [4.69, 9.17) is 11.6 Å². The van der Waals surface area contributed by atoms with E-state index in [0.717, 1.165) is 35.1 Å². The van der Waals surface area contributed by atoms with Crippen LogP contribution in [0.4, 0.5) is 8.78 Å². The van der Waals surface area contributed by atoms with Crippen molar-refractivity contribution in [2.75, 3.05) is 0 Å². The van der Waals surface area contributed by atoms with Crippen LogP contribution in [0.25, 0.3) is 0 Å². The minimum atomic E-state index is -0.751. The zero-order valence-corrected chi connectivity index (χ0v) is 10.3. The van der Waals surface area contributed by atoms with Gasteiger partial charge in [-0.2, -0.15) is 0 Å². The quantitative estimate of drug-likeness (QED) is 0.748. The van der Waals surface area contributed by atoms with Crippen LogP contribution in [0.5, 0.6) is 0 Å². The number of ketones is 1. The number of aryl methyl sites for hydroxylation is 1. The van der Waals surface area contributed by atoms with Crippen molar-refractivity contribution in [2.24, 2.45) is 0 Å². The number of hydrogen-bond acceptors (Lipinski definition) is 2. The largest absolute Gasteiger partial charge is 0.288 e. The molecular weight excluding hydrogens is 266 g/mol. The van der Waals surface area contributed by atoms with Gasteiger partial charge in [0.2, 0.25) is 5.78 Å². The number of carbonyl (C=O) groups is 1. The number of benzene rings is 1. The first-order chi connectivity index (χ1) is 8.00. The summed E-state index contributed by atoms with van der Waals surface area (Å²) in [5.74, 6) is -2.00. The van der Waals surface area contributed by atoms with Gasteiger partial charge >= 0.3 is 0 Å². The van der Waals surface area contributed by atoms with Crippen LogP contribution in [0.15, 0.2) is 23.6 Å². The maximum Gasteiger partial charge on any atom is 0.207 e. The maximum atomic E-state index is 13.4. The van der Waals surface area contributed by atoms with Crippen LogP contribution in [0.1, 0.15) is 20.8 Å². The smallest absolute Gasteiger partial charge is 0.207 e. The number of carbonyl (C=O) groups excluding carboxylic acids is 1. The normalized spacial score (nSPS) is 10.6. The van der Waals surface area contributed by atoms with Crippen molar-refractivity contribution in [3.63, 3.8) is 0 Å². The van der Waals surface area contributed by atoms with E-state index in [1.165, 1.54) is 0 Å². The Balaban J connectivity index is 2.51. The van der Waals surface area contributed by atoms with Gasteiger partial charge in [-0.05, 0) is 36.1 Å². The molecule has 0 fully saturated rings. The van der Waals surface area contributed by atoms with Crippen LogP contribution in [0.2, 0.25) is 5.02 Å². The molecule has 2 rings (SSSR count). The van der Waals surface area contributed by atoms with E-state index in [0.29, 0.717) is 5.02 Å². The van der Waals surface area contributed by atoms with Crippen LogP contribution < -0.4 is 0 Å². The molecule has 0 bridgehead atoms. The number of hydrogen-bond donors (Lipinski definition) is 0. The van der Waals surface area contributed by atoms with Crippen LogP contribution in [-0.2, 0) is 0 Å². The molecule has 0 amide bonds. The summed E-state index contributed by atoms with van der Waals surface area (Å²) in [6, 6.07) is 2.77. The van der Waals surface area contributed by atoms with Gasteiger partial charge in [0.1, 0.15) is 11.6 Å². The average Bonchev–Trinajstić information content (AvgIpc) is 2.62. The molecule has 0 atom stereocenters. The first-order valence-electron chi connectivity index (χ1n) is 4.74. The van der Waals surface area contributed by atoms with Gasteiger partial charge in [-0.1, -0.05) is 11.6 Å². The van der Waals surface area contributed by atoms with Gasteiger partial charge in [-0.25, -0.2) is 8.78 Å². The summed E-state index contributed by atoms with van der Waals surface area (Å²) in [5.41, 5.74) is 0.450. The second kappa shape index (κ2) is 4.55. The summed E-state index contributed by atoms with van der Waals surface area (Å²) >= 11 is 7.04. The number of thiophene rings is 1. The third-order valence-electron chi connectivity index (χ3n) is 2.28. The SMILES string of the molecule is Cc1csc(C(=O)c2cc(F)ccc2F)c1Cl. The highest BCUT2D eigenvalue weighted by molar-refractivity contribution is 7.13. The summed E-state index contributed by atoms with van der Waals surface area (Å²) < 4.78 is 26.4. The fourth-order valence-corrected chi connectivity index (χ4v) is 2.61. The molecule has 5 heteroatoms. The lowest BCUT2D eigenvalue weighted by molar-refractivity contribution is 0.103. The Morgan fingerprint density at radius 2 is 2.06 bits per heavy atom. The first kappa shape index (κ1) is 12.2. The number of halogens is 3. The van der Waals surface area contributed by atoms with E-state index in [9.17, 15) is 13.6 Å². The summed E-state index contributed by atoms with van der Waals surface area (Å²) in [7, 11) is 0. The molecule has 0 N–H and O–H groups in total. The van der Waals surface area contributed by atoms with E-state index in [1.807, 2.05) is 0 Å². The van der Waals surface area contributed by atoms with Crippen LogP contribution in [0.3, 0.4) is 0 Å². The second-order valence-electron chi connectivity index (χ2n) is 3.52. The molecule has 1 heterocycles. The lowest BCUT2D eigenvalue weighted by Gasteiger charge is -2.01. The summed E-state index contributed by atoms with van der Waals surface area (Å²) in [6.45, 7) is 1.75. The lowest BCUT2D eigenvalue weighted by Crippen LogP contribution is -2.03. The summed E-state index contributed by atoms with van der Waals surface area (Å²) in [5, 5.41) is 2.00. The monoisotopic (exact) mass is 272 g/mol. The van der Waals surface area contributed by atoms with E-state index in [-0.39, 0.29) is 10.4 Å². The summed E-state index contributed by atoms with van der Waals surface area (Å²) in [4.78, 5) is 12.2. The van der Waals surface area contributed by atoms with Crippen molar-refractivity contribution in [1.29, 1.82) is 0 Å². The van der Waals surface area contributed by atoms with Crippen molar-refractivity contribution >= 4 is 28.7 Å². The molecular formula is C12H7ClF2OS. The van der Waals surface area contributed by atoms with Crippen LogP contribution in [-0.4, -0.2) is 5.78 Å². The van der Waals surface area contributed by atoms with Crippen LogP contribution >= 0.6 is 22.9 Å². The predicted octanol–water partition coefficient (Wildman–Crippen LogP) is 4.22. The molecule has 0 saturated heterocycles. The molecule has 0 aliphatic rings. The molecule has 88 valence electrons. The van der Waals surface area contributed by atoms with Crippen molar-refractivity contribution in [3.8, 4) is 0 Å². The molecule has 0 radical (unpaired) electrons. The molecule has 0 aliphatic carbocycles. The third-order valence-corrected chi connectivity index (χ3v) is 3.97. The Morgan fingerprint density at radius 3 is 2.65 bits per heavy atom. The highest BCUT2D eigenvalue weighted by Crippen LogP contribution is 2.30. The molecule has 0 spiro atoms. The molecule has 2 aromatic rings. The zero-order chi connectivity index (χ0) is 12.6. The van der Waals surface area contributed by atoms with Crippen LogP contribution in [0, 0.1) is 18.6 Å². The third kappa shape index (κ3) is 2.23. The van der Waals surface area contributed by atoms with Gasteiger partial charge < -0.3 is 0 Å². The fourth-order valence-electron chi connectivity index (χ4n) is 1.38. The molecule has 0 unspecified atom stereocenters.